The maximum atomic E-state index is 4.47. The molecule has 0 saturated carbocycles. The second-order valence-electron chi connectivity index (χ2n) is 5.70. The molecule has 0 bridgehead atoms. The summed E-state index contributed by atoms with van der Waals surface area (Å²) in [5.41, 5.74) is 3.80. The molecule has 0 amide bonds. The minimum atomic E-state index is 0.648. The number of rotatable bonds is 3. The molecule has 2 heterocycles. The summed E-state index contributed by atoms with van der Waals surface area (Å²) in [5, 5.41) is 8.17. The first-order valence-electron chi connectivity index (χ1n) is 6.91. The first-order chi connectivity index (χ1) is 8.49. The SMILES string of the molecule is Cc1nn(C)c(C)c1CNC1CCN(C)C(C)C1. The third-order valence-corrected chi connectivity index (χ3v) is 4.43. The molecule has 1 aliphatic heterocycles. The molecule has 4 nitrogen and oxygen atoms in total. The molecule has 18 heavy (non-hydrogen) atoms. The van der Waals surface area contributed by atoms with Gasteiger partial charge in [0.2, 0.25) is 0 Å². The molecule has 2 atom stereocenters. The van der Waals surface area contributed by atoms with Crippen molar-refractivity contribution < 1.29 is 0 Å². The van der Waals surface area contributed by atoms with Crippen molar-refractivity contribution in [3.05, 3.63) is 17.0 Å². The van der Waals surface area contributed by atoms with Gasteiger partial charge in [-0.05, 0) is 47.2 Å². The van der Waals surface area contributed by atoms with Crippen LogP contribution in [-0.4, -0.2) is 40.4 Å². The first kappa shape index (κ1) is 13.6. The highest BCUT2D eigenvalue weighted by Gasteiger charge is 2.22. The zero-order valence-corrected chi connectivity index (χ0v) is 12.3. The van der Waals surface area contributed by atoms with Crippen LogP contribution in [0, 0.1) is 13.8 Å². The molecule has 1 fully saturated rings. The number of likely N-dealkylation sites (tertiary alicyclic amines) is 1. The monoisotopic (exact) mass is 250 g/mol. The van der Waals surface area contributed by atoms with E-state index in [-0.39, 0.29) is 0 Å². The third kappa shape index (κ3) is 2.75. The van der Waals surface area contributed by atoms with Crippen molar-refractivity contribution in [1.29, 1.82) is 0 Å². The fraction of sp³-hybridized carbons (Fsp3) is 0.786. The number of piperidine rings is 1. The van der Waals surface area contributed by atoms with Crippen molar-refractivity contribution in [3.8, 4) is 0 Å². The van der Waals surface area contributed by atoms with Gasteiger partial charge < -0.3 is 10.2 Å². The molecule has 0 radical (unpaired) electrons. The Kier molecular flexibility index (Phi) is 4.07. The minimum absolute atomic E-state index is 0.648. The standard InChI is InChI=1S/C14H26N4/c1-10-8-13(6-7-17(10)4)15-9-14-11(2)16-18(5)12(14)3/h10,13,15H,6-9H2,1-5H3. The van der Waals surface area contributed by atoms with E-state index in [1.165, 1.54) is 30.6 Å². The van der Waals surface area contributed by atoms with Gasteiger partial charge in [-0.3, -0.25) is 4.68 Å². The first-order valence-corrected chi connectivity index (χ1v) is 6.91. The van der Waals surface area contributed by atoms with Crippen molar-refractivity contribution in [2.24, 2.45) is 7.05 Å². The Morgan fingerprint density at radius 3 is 2.61 bits per heavy atom. The van der Waals surface area contributed by atoms with Gasteiger partial charge in [-0.1, -0.05) is 0 Å². The molecule has 0 aromatic carbocycles. The molecule has 4 heteroatoms. The minimum Gasteiger partial charge on any atom is -0.310 e. The summed E-state index contributed by atoms with van der Waals surface area (Å²) in [6, 6.07) is 1.34. The van der Waals surface area contributed by atoms with Gasteiger partial charge in [-0.25, -0.2) is 0 Å². The van der Waals surface area contributed by atoms with Gasteiger partial charge in [0.05, 0.1) is 5.69 Å². The summed E-state index contributed by atoms with van der Waals surface area (Å²) < 4.78 is 1.98. The highest BCUT2D eigenvalue weighted by molar-refractivity contribution is 5.24. The van der Waals surface area contributed by atoms with Crippen molar-refractivity contribution in [1.82, 2.24) is 20.0 Å². The van der Waals surface area contributed by atoms with Crippen molar-refractivity contribution in [3.63, 3.8) is 0 Å². The van der Waals surface area contributed by atoms with Crippen LogP contribution in [0.2, 0.25) is 0 Å². The highest BCUT2D eigenvalue weighted by Crippen LogP contribution is 2.17. The lowest BCUT2D eigenvalue weighted by Crippen LogP contribution is -2.45. The smallest absolute Gasteiger partial charge is 0.0641 e. The van der Waals surface area contributed by atoms with Crippen molar-refractivity contribution in [2.45, 2.75) is 52.2 Å². The summed E-state index contributed by atoms with van der Waals surface area (Å²) >= 11 is 0. The Bertz CT molecular complexity index is 410. The fourth-order valence-electron chi connectivity index (χ4n) is 2.79. The van der Waals surface area contributed by atoms with E-state index in [0.717, 1.165) is 12.2 Å². The lowest BCUT2D eigenvalue weighted by atomic mass is 9.98. The summed E-state index contributed by atoms with van der Waals surface area (Å²) in [6.45, 7) is 8.71. The Hall–Kier alpha value is -0.870. The van der Waals surface area contributed by atoms with Gasteiger partial charge in [-0.15, -0.1) is 0 Å². The van der Waals surface area contributed by atoms with Crippen LogP contribution in [-0.2, 0) is 13.6 Å². The number of aromatic nitrogens is 2. The second kappa shape index (κ2) is 5.41. The van der Waals surface area contributed by atoms with Crippen LogP contribution >= 0.6 is 0 Å². The molecule has 102 valence electrons. The Morgan fingerprint density at radius 1 is 1.33 bits per heavy atom. The van der Waals surface area contributed by atoms with Gasteiger partial charge in [0.15, 0.2) is 0 Å². The normalized spacial score (nSPS) is 25.6. The van der Waals surface area contributed by atoms with Crippen LogP contribution in [0.25, 0.3) is 0 Å². The topological polar surface area (TPSA) is 33.1 Å². The Morgan fingerprint density at radius 2 is 2.06 bits per heavy atom. The van der Waals surface area contributed by atoms with Gasteiger partial charge in [0.25, 0.3) is 0 Å². The maximum absolute atomic E-state index is 4.47. The molecule has 1 N–H and O–H groups in total. The quantitative estimate of drug-likeness (QED) is 0.885. The van der Waals surface area contributed by atoms with E-state index >= 15 is 0 Å². The predicted octanol–water partition coefficient (Wildman–Crippen LogP) is 1.61. The molecular weight excluding hydrogens is 224 g/mol. The number of aryl methyl sites for hydroxylation is 2. The van der Waals surface area contributed by atoms with Crippen molar-refractivity contribution >= 4 is 0 Å². The van der Waals surface area contributed by atoms with Crippen LogP contribution in [0.1, 0.15) is 36.7 Å². The van der Waals surface area contributed by atoms with Crippen LogP contribution < -0.4 is 5.32 Å². The number of nitrogens with zero attached hydrogens (tertiary/aromatic N) is 3. The van der Waals surface area contributed by atoms with E-state index in [9.17, 15) is 0 Å². The molecule has 2 rings (SSSR count). The lowest BCUT2D eigenvalue weighted by Gasteiger charge is -2.35. The van der Waals surface area contributed by atoms with Gasteiger partial charge in [0.1, 0.15) is 0 Å². The lowest BCUT2D eigenvalue weighted by molar-refractivity contribution is 0.168. The van der Waals surface area contributed by atoms with E-state index in [1.54, 1.807) is 0 Å². The zero-order valence-electron chi connectivity index (χ0n) is 12.3. The average Bonchev–Trinajstić information content (AvgIpc) is 2.56. The summed E-state index contributed by atoms with van der Waals surface area (Å²) in [5.74, 6) is 0. The van der Waals surface area contributed by atoms with Crippen molar-refractivity contribution in [2.75, 3.05) is 13.6 Å². The number of nitrogens with one attached hydrogen (secondary N) is 1. The van der Waals surface area contributed by atoms with Gasteiger partial charge >= 0.3 is 0 Å². The molecule has 0 aliphatic carbocycles. The number of hydrogen-bond acceptors (Lipinski definition) is 3. The van der Waals surface area contributed by atoms with Crippen LogP contribution in [0.3, 0.4) is 0 Å². The van der Waals surface area contributed by atoms with E-state index in [4.69, 9.17) is 0 Å². The molecular formula is C14H26N4. The summed E-state index contributed by atoms with van der Waals surface area (Å²) in [4.78, 5) is 2.44. The summed E-state index contributed by atoms with van der Waals surface area (Å²) in [6.07, 6.45) is 2.49. The molecule has 1 aromatic rings. The summed E-state index contributed by atoms with van der Waals surface area (Å²) in [7, 11) is 4.24. The molecule has 2 unspecified atom stereocenters. The maximum Gasteiger partial charge on any atom is 0.0641 e. The molecule has 1 aliphatic rings. The van der Waals surface area contributed by atoms with E-state index < -0.39 is 0 Å². The molecule has 1 saturated heterocycles. The van der Waals surface area contributed by atoms with Gasteiger partial charge in [0, 0.05) is 36.9 Å². The van der Waals surface area contributed by atoms with Gasteiger partial charge in [-0.2, -0.15) is 5.10 Å². The fourth-order valence-corrected chi connectivity index (χ4v) is 2.79. The third-order valence-electron chi connectivity index (χ3n) is 4.43. The van der Waals surface area contributed by atoms with Crippen LogP contribution in [0.4, 0.5) is 0 Å². The van der Waals surface area contributed by atoms with E-state index in [1.807, 2.05) is 11.7 Å². The molecule has 1 aromatic heterocycles. The second-order valence-corrected chi connectivity index (χ2v) is 5.70. The number of hydrogen-bond donors (Lipinski definition) is 1. The van der Waals surface area contributed by atoms with E-state index in [0.29, 0.717) is 12.1 Å². The van der Waals surface area contributed by atoms with Crippen LogP contribution in [0.15, 0.2) is 0 Å². The highest BCUT2D eigenvalue weighted by atomic mass is 15.3. The predicted molar refractivity (Wildman–Crippen MR) is 74.6 cm³/mol. The van der Waals surface area contributed by atoms with E-state index in [2.05, 4.69) is 43.1 Å². The average molecular weight is 250 g/mol. The zero-order chi connectivity index (χ0) is 13.3. The largest absolute Gasteiger partial charge is 0.310 e. The van der Waals surface area contributed by atoms with Crippen LogP contribution in [0.5, 0.6) is 0 Å². The Balaban J connectivity index is 1.92. The molecule has 0 spiro atoms. The Labute approximate surface area is 110 Å².